The molecule has 0 saturated carbocycles. The van der Waals surface area contributed by atoms with E-state index in [0.29, 0.717) is 38.3 Å². The molecule has 0 aliphatic carbocycles. The zero-order chi connectivity index (χ0) is 19.8. The van der Waals surface area contributed by atoms with E-state index in [0.717, 1.165) is 6.42 Å². The Morgan fingerprint density at radius 3 is 2.22 bits per heavy atom. The fraction of sp³-hybridized carbons (Fsp3) is 0.550. The number of piperazine rings is 1. The van der Waals surface area contributed by atoms with E-state index in [9.17, 15) is 14.4 Å². The minimum atomic E-state index is -0.585. The number of carbonyl (C=O) groups is 3. The van der Waals surface area contributed by atoms with Crippen LogP contribution in [0.4, 0.5) is 0 Å². The summed E-state index contributed by atoms with van der Waals surface area (Å²) in [6.45, 7) is 8.49. The SMILES string of the molecule is CCC(C)NC(=O)CN1CCN(C(=O)C(C)NC(=O)c2ccccc2)CC1. The monoisotopic (exact) mass is 374 g/mol. The molecule has 0 bridgehead atoms. The second kappa shape index (κ2) is 10.1. The molecule has 148 valence electrons. The number of carbonyl (C=O) groups excluding carboxylic acids is 3. The van der Waals surface area contributed by atoms with Gasteiger partial charge in [0.25, 0.3) is 5.91 Å². The maximum atomic E-state index is 12.6. The van der Waals surface area contributed by atoms with Crippen molar-refractivity contribution in [2.75, 3.05) is 32.7 Å². The van der Waals surface area contributed by atoms with Crippen LogP contribution in [0.3, 0.4) is 0 Å². The molecule has 7 heteroatoms. The minimum Gasteiger partial charge on any atom is -0.353 e. The number of hydrogen-bond acceptors (Lipinski definition) is 4. The van der Waals surface area contributed by atoms with E-state index in [4.69, 9.17) is 0 Å². The van der Waals surface area contributed by atoms with Crippen LogP contribution in [-0.4, -0.2) is 72.3 Å². The van der Waals surface area contributed by atoms with Gasteiger partial charge in [0.1, 0.15) is 6.04 Å². The van der Waals surface area contributed by atoms with Crippen LogP contribution < -0.4 is 10.6 Å². The van der Waals surface area contributed by atoms with Gasteiger partial charge in [-0.3, -0.25) is 19.3 Å². The van der Waals surface area contributed by atoms with Crippen LogP contribution in [0.1, 0.15) is 37.6 Å². The molecule has 0 spiro atoms. The molecular formula is C20H30N4O3. The van der Waals surface area contributed by atoms with Crippen LogP contribution in [0.5, 0.6) is 0 Å². The van der Waals surface area contributed by atoms with Gasteiger partial charge in [-0.25, -0.2) is 0 Å². The lowest BCUT2D eigenvalue weighted by Gasteiger charge is -2.35. The molecule has 2 rings (SSSR count). The molecule has 1 aliphatic heterocycles. The van der Waals surface area contributed by atoms with Crippen LogP contribution >= 0.6 is 0 Å². The highest BCUT2D eigenvalue weighted by Crippen LogP contribution is 2.06. The van der Waals surface area contributed by atoms with Gasteiger partial charge in [0.05, 0.1) is 6.54 Å². The zero-order valence-electron chi connectivity index (χ0n) is 16.4. The van der Waals surface area contributed by atoms with E-state index in [1.54, 1.807) is 36.1 Å². The lowest BCUT2D eigenvalue weighted by molar-refractivity contribution is -0.134. The third kappa shape index (κ3) is 6.36. The number of benzene rings is 1. The first-order valence-electron chi connectivity index (χ1n) is 9.57. The van der Waals surface area contributed by atoms with Crippen LogP contribution in [-0.2, 0) is 9.59 Å². The van der Waals surface area contributed by atoms with Crippen molar-refractivity contribution in [1.29, 1.82) is 0 Å². The summed E-state index contributed by atoms with van der Waals surface area (Å²) in [6, 6.07) is 8.45. The third-order valence-electron chi connectivity index (χ3n) is 4.82. The van der Waals surface area contributed by atoms with Crippen LogP contribution in [0.2, 0.25) is 0 Å². The smallest absolute Gasteiger partial charge is 0.251 e. The van der Waals surface area contributed by atoms with Crippen molar-refractivity contribution in [2.24, 2.45) is 0 Å². The van der Waals surface area contributed by atoms with Crippen molar-refractivity contribution in [2.45, 2.75) is 39.3 Å². The summed E-state index contributed by atoms with van der Waals surface area (Å²) in [5.74, 6) is -0.326. The maximum absolute atomic E-state index is 12.6. The fourth-order valence-corrected chi connectivity index (χ4v) is 2.96. The third-order valence-corrected chi connectivity index (χ3v) is 4.82. The minimum absolute atomic E-state index is 0.0209. The molecule has 1 heterocycles. The van der Waals surface area contributed by atoms with Gasteiger partial charge in [0.2, 0.25) is 11.8 Å². The number of amides is 3. The van der Waals surface area contributed by atoms with Gasteiger partial charge in [0.15, 0.2) is 0 Å². The normalized spacial score (nSPS) is 17.1. The largest absolute Gasteiger partial charge is 0.353 e. The number of nitrogens with one attached hydrogen (secondary N) is 2. The summed E-state index contributed by atoms with van der Waals surface area (Å²) < 4.78 is 0. The second-order valence-corrected chi connectivity index (χ2v) is 7.04. The predicted molar refractivity (Wildman–Crippen MR) is 104 cm³/mol. The topological polar surface area (TPSA) is 81.8 Å². The van der Waals surface area contributed by atoms with Crippen molar-refractivity contribution >= 4 is 17.7 Å². The molecule has 3 amide bonds. The standard InChI is InChI=1S/C20H30N4O3/c1-4-15(2)21-18(25)14-23-10-12-24(13-11-23)20(27)16(3)22-19(26)17-8-6-5-7-9-17/h5-9,15-16H,4,10-14H2,1-3H3,(H,21,25)(H,22,26). The average molecular weight is 374 g/mol. The van der Waals surface area contributed by atoms with Gasteiger partial charge < -0.3 is 15.5 Å². The lowest BCUT2D eigenvalue weighted by Crippen LogP contribution is -2.55. The molecule has 2 N–H and O–H groups in total. The van der Waals surface area contributed by atoms with E-state index < -0.39 is 6.04 Å². The van der Waals surface area contributed by atoms with E-state index in [2.05, 4.69) is 15.5 Å². The molecule has 0 aromatic heterocycles. The summed E-state index contributed by atoms with van der Waals surface area (Å²) in [4.78, 5) is 40.6. The van der Waals surface area contributed by atoms with Crippen molar-refractivity contribution in [3.63, 3.8) is 0 Å². The summed E-state index contributed by atoms with van der Waals surface area (Å²) in [5, 5.41) is 5.71. The molecule has 2 atom stereocenters. The Morgan fingerprint density at radius 2 is 1.63 bits per heavy atom. The molecular weight excluding hydrogens is 344 g/mol. The Bertz CT molecular complexity index is 642. The summed E-state index contributed by atoms with van der Waals surface area (Å²) in [5.41, 5.74) is 0.536. The van der Waals surface area contributed by atoms with Crippen LogP contribution in [0, 0.1) is 0 Å². The van der Waals surface area contributed by atoms with Crippen molar-refractivity contribution in [3.8, 4) is 0 Å². The Balaban J connectivity index is 1.77. The lowest BCUT2D eigenvalue weighted by atomic mass is 10.2. The first-order chi connectivity index (χ1) is 12.9. The predicted octanol–water partition coefficient (Wildman–Crippen LogP) is 0.864. The molecule has 1 fully saturated rings. The fourth-order valence-electron chi connectivity index (χ4n) is 2.96. The Morgan fingerprint density at radius 1 is 1.00 bits per heavy atom. The van der Waals surface area contributed by atoms with Gasteiger partial charge >= 0.3 is 0 Å². The zero-order valence-corrected chi connectivity index (χ0v) is 16.4. The van der Waals surface area contributed by atoms with Gasteiger partial charge in [-0.2, -0.15) is 0 Å². The maximum Gasteiger partial charge on any atom is 0.251 e. The number of nitrogens with zero attached hydrogens (tertiary/aromatic N) is 2. The summed E-state index contributed by atoms with van der Waals surface area (Å²) in [6.07, 6.45) is 0.903. The van der Waals surface area contributed by atoms with E-state index >= 15 is 0 Å². The molecule has 1 aromatic rings. The second-order valence-electron chi connectivity index (χ2n) is 7.04. The average Bonchev–Trinajstić information content (AvgIpc) is 2.68. The van der Waals surface area contributed by atoms with Crippen LogP contribution in [0.25, 0.3) is 0 Å². The van der Waals surface area contributed by atoms with E-state index in [-0.39, 0.29) is 23.8 Å². The molecule has 27 heavy (non-hydrogen) atoms. The van der Waals surface area contributed by atoms with Crippen molar-refractivity contribution in [1.82, 2.24) is 20.4 Å². The first kappa shape index (κ1) is 20.9. The van der Waals surface area contributed by atoms with Gasteiger partial charge in [-0.1, -0.05) is 25.1 Å². The highest BCUT2D eigenvalue weighted by atomic mass is 16.2. The molecule has 1 aliphatic rings. The quantitative estimate of drug-likeness (QED) is 0.742. The molecule has 0 radical (unpaired) electrons. The number of rotatable bonds is 7. The summed E-state index contributed by atoms with van der Waals surface area (Å²) >= 11 is 0. The Hall–Kier alpha value is -2.41. The van der Waals surface area contributed by atoms with Crippen molar-refractivity contribution < 1.29 is 14.4 Å². The highest BCUT2D eigenvalue weighted by Gasteiger charge is 2.26. The van der Waals surface area contributed by atoms with Crippen molar-refractivity contribution in [3.05, 3.63) is 35.9 Å². The molecule has 1 aromatic carbocycles. The number of hydrogen-bond donors (Lipinski definition) is 2. The Labute approximate surface area is 161 Å². The molecule has 1 saturated heterocycles. The molecule has 2 unspecified atom stereocenters. The first-order valence-corrected chi connectivity index (χ1v) is 9.57. The van der Waals surface area contributed by atoms with Gasteiger partial charge in [0, 0.05) is 37.8 Å². The van der Waals surface area contributed by atoms with E-state index in [1.165, 1.54) is 0 Å². The summed E-state index contributed by atoms with van der Waals surface area (Å²) in [7, 11) is 0. The van der Waals surface area contributed by atoms with Crippen LogP contribution in [0.15, 0.2) is 30.3 Å². The van der Waals surface area contributed by atoms with Gasteiger partial charge in [-0.05, 0) is 32.4 Å². The van der Waals surface area contributed by atoms with E-state index in [1.807, 2.05) is 19.9 Å². The Kier molecular flexibility index (Phi) is 7.79. The highest BCUT2D eigenvalue weighted by molar-refractivity contribution is 5.97. The molecule has 7 nitrogen and oxygen atoms in total. The van der Waals surface area contributed by atoms with Gasteiger partial charge in [-0.15, -0.1) is 0 Å².